The largest absolute Gasteiger partial charge is 0.383 e. The molecule has 0 aliphatic rings. The van der Waals surface area contributed by atoms with E-state index in [4.69, 9.17) is 16.3 Å². The fourth-order valence-electron chi connectivity index (χ4n) is 1.07. The number of benzene rings is 1. The minimum Gasteiger partial charge on any atom is -0.383 e. The Hall–Kier alpha value is -0.330. The number of hydrogen-bond acceptors (Lipinski definition) is 2. The van der Waals surface area contributed by atoms with Crippen molar-refractivity contribution in [3.05, 3.63) is 32.4 Å². The Kier molecular flexibility index (Phi) is 5.35. The molecule has 0 bridgehead atoms. The minimum atomic E-state index is -0.165. The standard InChI is InChI=1S/C10H11ClINO2/c1-15-6-5-13-10(14)9-7(11)3-2-4-8(9)12/h2-4H,5-6H2,1H3,(H,13,14). The third-order valence-corrected chi connectivity index (χ3v) is 3.00. The Morgan fingerprint density at radius 1 is 1.60 bits per heavy atom. The maximum absolute atomic E-state index is 11.7. The first-order valence-corrected chi connectivity index (χ1v) is 5.83. The summed E-state index contributed by atoms with van der Waals surface area (Å²) >= 11 is 8.03. The number of nitrogens with one attached hydrogen (secondary N) is 1. The number of carbonyl (C=O) groups is 1. The molecule has 0 radical (unpaired) electrons. The molecule has 0 saturated heterocycles. The first kappa shape index (κ1) is 12.7. The van der Waals surface area contributed by atoms with Crippen LogP contribution in [0.15, 0.2) is 18.2 Å². The average Bonchev–Trinajstić information content (AvgIpc) is 2.18. The highest BCUT2D eigenvalue weighted by molar-refractivity contribution is 14.1. The van der Waals surface area contributed by atoms with Crippen LogP contribution in [-0.4, -0.2) is 26.2 Å². The summed E-state index contributed by atoms with van der Waals surface area (Å²) in [6.07, 6.45) is 0. The molecular formula is C10H11ClINO2. The molecule has 1 rings (SSSR count). The Labute approximate surface area is 107 Å². The summed E-state index contributed by atoms with van der Waals surface area (Å²) in [6, 6.07) is 5.36. The molecule has 0 atom stereocenters. The molecule has 0 unspecified atom stereocenters. The number of hydrogen-bond donors (Lipinski definition) is 1. The predicted octanol–water partition coefficient (Wildman–Crippen LogP) is 2.32. The van der Waals surface area contributed by atoms with Gasteiger partial charge in [0.25, 0.3) is 5.91 Å². The highest BCUT2D eigenvalue weighted by Gasteiger charge is 2.12. The quantitative estimate of drug-likeness (QED) is 0.675. The van der Waals surface area contributed by atoms with Crippen LogP contribution in [-0.2, 0) is 4.74 Å². The Morgan fingerprint density at radius 2 is 2.33 bits per heavy atom. The van der Waals surface area contributed by atoms with Crippen LogP contribution in [0.4, 0.5) is 0 Å². The van der Waals surface area contributed by atoms with Crippen LogP contribution in [0.1, 0.15) is 10.4 Å². The number of ether oxygens (including phenoxy) is 1. The van der Waals surface area contributed by atoms with Gasteiger partial charge in [-0.2, -0.15) is 0 Å². The van der Waals surface area contributed by atoms with Gasteiger partial charge in [0.1, 0.15) is 0 Å². The third-order valence-electron chi connectivity index (χ3n) is 1.78. The molecule has 5 heteroatoms. The van der Waals surface area contributed by atoms with Crippen molar-refractivity contribution in [1.82, 2.24) is 5.32 Å². The van der Waals surface area contributed by atoms with Crippen LogP contribution in [0.3, 0.4) is 0 Å². The first-order valence-electron chi connectivity index (χ1n) is 4.38. The van der Waals surface area contributed by atoms with Gasteiger partial charge in [0.15, 0.2) is 0 Å². The second kappa shape index (κ2) is 6.30. The van der Waals surface area contributed by atoms with Gasteiger partial charge in [-0.1, -0.05) is 17.7 Å². The Bertz CT molecular complexity index is 337. The van der Waals surface area contributed by atoms with Gasteiger partial charge in [-0.05, 0) is 34.7 Å². The Balaban J connectivity index is 2.73. The average molecular weight is 340 g/mol. The van der Waals surface area contributed by atoms with Gasteiger partial charge in [-0.15, -0.1) is 0 Å². The highest BCUT2D eigenvalue weighted by Crippen LogP contribution is 2.21. The summed E-state index contributed by atoms with van der Waals surface area (Å²) in [5, 5.41) is 3.20. The molecule has 1 N–H and O–H groups in total. The molecule has 1 amide bonds. The van der Waals surface area contributed by atoms with Gasteiger partial charge in [0.05, 0.1) is 17.2 Å². The van der Waals surface area contributed by atoms with Crippen LogP contribution < -0.4 is 5.32 Å². The van der Waals surface area contributed by atoms with Gasteiger partial charge >= 0.3 is 0 Å². The van der Waals surface area contributed by atoms with Gasteiger partial charge in [-0.3, -0.25) is 4.79 Å². The normalized spacial score (nSPS) is 10.1. The molecular weight excluding hydrogens is 328 g/mol. The van der Waals surface area contributed by atoms with Crippen molar-refractivity contribution in [2.24, 2.45) is 0 Å². The molecule has 0 spiro atoms. The number of halogens is 2. The molecule has 3 nitrogen and oxygen atoms in total. The van der Waals surface area contributed by atoms with Crippen molar-refractivity contribution in [2.75, 3.05) is 20.3 Å². The van der Waals surface area contributed by atoms with E-state index < -0.39 is 0 Å². The van der Waals surface area contributed by atoms with E-state index in [1.807, 2.05) is 12.1 Å². The highest BCUT2D eigenvalue weighted by atomic mass is 127. The number of carbonyl (C=O) groups excluding carboxylic acids is 1. The summed E-state index contributed by atoms with van der Waals surface area (Å²) in [5.41, 5.74) is 0.524. The van der Waals surface area contributed by atoms with E-state index in [9.17, 15) is 4.79 Å². The smallest absolute Gasteiger partial charge is 0.253 e. The lowest BCUT2D eigenvalue weighted by atomic mass is 10.2. The van der Waals surface area contributed by atoms with E-state index in [2.05, 4.69) is 27.9 Å². The molecule has 0 heterocycles. The van der Waals surface area contributed by atoms with E-state index in [1.54, 1.807) is 13.2 Å². The first-order chi connectivity index (χ1) is 7.16. The van der Waals surface area contributed by atoms with Crippen molar-refractivity contribution in [3.63, 3.8) is 0 Å². The number of rotatable bonds is 4. The second-order valence-electron chi connectivity index (χ2n) is 2.85. The molecule has 0 saturated carbocycles. The topological polar surface area (TPSA) is 38.3 Å². The fourth-order valence-corrected chi connectivity index (χ4v) is 2.23. The molecule has 0 aliphatic heterocycles. The van der Waals surface area contributed by atoms with E-state index in [0.717, 1.165) is 3.57 Å². The van der Waals surface area contributed by atoms with Crippen LogP contribution >= 0.6 is 34.2 Å². The van der Waals surface area contributed by atoms with Gasteiger partial charge in [0, 0.05) is 17.2 Å². The zero-order valence-corrected chi connectivity index (χ0v) is 11.1. The molecule has 0 fully saturated rings. The summed E-state index contributed by atoms with van der Waals surface area (Å²) in [4.78, 5) is 11.7. The van der Waals surface area contributed by atoms with Crippen molar-refractivity contribution < 1.29 is 9.53 Å². The van der Waals surface area contributed by atoms with Crippen molar-refractivity contribution >= 4 is 40.1 Å². The van der Waals surface area contributed by atoms with E-state index in [0.29, 0.717) is 23.7 Å². The molecule has 82 valence electrons. The van der Waals surface area contributed by atoms with Gasteiger partial charge in [0.2, 0.25) is 0 Å². The second-order valence-corrected chi connectivity index (χ2v) is 4.41. The lowest BCUT2D eigenvalue weighted by Gasteiger charge is -2.07. The maximum atomic E-state index is 11.7. The lowest BCUT2D eigenvalue weighted by molar-refractivity contribution is 0.0936. The summed E-state index contributed by atoms with van der Waals surface area (Å²) in [7, 11) is 1.59. The molecule has 1 aromatic carbocycles. The Morgan fingerprint density at radius 3 is 2.93 bits per heavy atom. The zero-order valence-electron chi connectivity index (χ0n) is 8.22. The predicted molar refractivity (Wildman–Crippen MR) is 68.4 cm³/mol. The molecule has 0 aromatic heterocycles. The summed E-state index contributed by atoms with van der Waals surface area (Å²) < 4.78 is 5.68. The summed E-state index contributed by atoms with van der Waals surface area (Å²) in [6.45, 7) is 0.976. The van der Waals surface area contributed by atoms with E-state index in [1.165, 1.54) is 0 Å². The van der Waals surface area contributed by atoms with Gasteiger partial charge in [-0.25, -0.2) is 0 Å². The van der Waals surface area contributed by atoms with Crippen LogP contribution in [0, 0.1) is 3.57 Å². The van der Waals surface area contributed by atoms with Crippen molar-refractivity contribution in [2.45, 2.75) is 0 Å². The number of amides is 1. The summed E-state index contributed by atoms with van der Waals surface area (Å²) in [5.74, 6) is -0.165. The molecule has 1 aromatic rings. The fraction of sp³-hybridized carbons (Fsp3) is 0.300. The minimum absolute atomic E-state index is 0.165. The van der Waals surface area contributed by atoms with Crippen molar-refractivity contribution in [3.8, 4) is 0 Å². The number of methoxy groups -OCH3 is 1. The zero-order chi connectivity index (χ0) is 11.3. The SMILES string of the molecule is COCCNC(=O)c1c(Cl)cccc1I. The van der Waals surface area contributed by atoms with Crippen LogP contribution in [0.5, 0.6) is 0 Å². The lowest BCUT2D eigenvalue weighted by Crippen LogP contribution is -2.27. The van der Waals surface area contributed by atoms with Crippen LogP contribution in [0.25, 0.3) is 0 Å². The third kappa shape index (κ3) is 3.62. The van der Waals surface area contributed by atoms with Crippen LogP contribution in [0.2, 0.25) is 5.02 Å². The van der Waals surface area contributed by atoms with Gasteiger partial charge < -0.3 is 10.1 Å². The van der Waals surface area contributed by atoms with E-state index in [-0.39, 0.29) is 5.91 Å². The molecule has 15 heavy (non-hydrogen) atoms. The molecule has 0 aliphatic carbocycles. The van der Waals surface area contributed by atoms with Crippen molar-refractivity contribution in [1.29, 1.82) is 0 Å². The monoisotopic (exact) mass is 339 g/mol. The maximum Gasteiger partial charge on any atom is 0.253 e. The van der Waals surface area contributed by atoms with E-state index >= 15 is 0 Å².